The topological polar surface area (TPSA) is 22.0 Å². The molecule has 0 saturated carbocycles. The lowest BCUT2D eigenvalue weighted by Crippen LogP contribution is -2.27. The summed E-state index contributed by atoms with van der Waals surface area (Å²) in [6.45, 7) is 3.06. The van der Waals surface area contributed by atoms with Crippen LogP contribution in [0.2, 0.25) is 0 Å². The molecule has 0 amide bonds. The fraction of sp³-hybridized carbons (Fsp3) is 0.500. The minimum atomic E-state index is -4.45. The second kappa shape index (κ2) is 3.55. The average Bonchev–Trinajstić information content (AvgIpc) is 2.52. The van der Waals surface area contributed by atoms with Crippen LogP contribution in [0.15, 0.2) is 15.9 Å². The lowest BCUT2D eigenvalue weighted by molar-refractivity contribution is -0.138. The lowest BCUT2D eigenvalue weighted by Gasteiger charge is -2.14. The number of aromatic nitrogens is 1. The van der Waals surface area contributed by atoms with Crippen molar-refractivity contribution in [2.45, 2.75) is 31.1 Å². The monoisotopic (exact) mass is 249 g/mol. The van der Waals surface area contributed by atoms with E-state index in [-0.39, 0.29) is 11.6 Å². The van der Waals surface area contributed by atoms with Crippen LogP contribution in [-0.4, -0.2) is 10.3 Å². The molecular weight excluding hydrogens is 239 g/mol. The lowest BCUT2D eigenvalue weighted by atomic mass is 10.1. The Bertz CT molecular complexity index is 492. The Hall–Kier alpha value is -0.910. The van der Waals surface area contributed by atoms with Crippen LogP contribution in [0.5, 0.6) is 0 Å². The number of alkyl halides is 3. The summed E-state index contributed by atoms with van der Waals surface area (Å²) in [6.07, 6.45) is -4.45. The molecule has 2 rings (SSSR count). The number of thioether (sulfide) groups is 1. The molecule has 0 bridgehead atoms. The molecule has 6 heteroatoms. The Kier molecular flexibility index (Phi) is 2.57. The second-order valence-corrected chi connectivity index (χ2v) is 4.89. The highest BCUT2D eigenvalue weighted by Crippen LogP contribution is 2.37. The van der Waals surface area contributed by atoms with Crippen molar-refractivity contribution in [1.29, 1.82) is 0 Å². The van der Waals surface area contributed by atoms with Gasteiger partial charge in [-0.2, -0.15) is 13.2 Å². The minimum Gasteiger partial charge on any atom is -0.299 e. The molecule has 88 valence electrons. The first-order valence-corrected chi connectivity index (χ1v) is 5.77. The van der Waals surface area contributed by atoms with Gasteiger partial charge < -0.3 is 0 Å². The van der Waals surface area contributed by atoms with Gasteiger partial charge in [-0.3, -0.25) is 9.36 Å². The van der Waals surface area contributed by atoms with Gasteiger partial charge in [-0.1, -0.05) is 0 Å². The maximum atomic E-state index is 12.6. The molecule has 1 aliphatic heterocycles. The number of halogens is 3. The largest absolute Gasteiger partial charge is 0.416 e. The van der Waals surface area contributed by atoms with Gasteiger partial charge in [0.1, 0.15) is 0 Å². The van der Waals surface area contributed by atoms with E-state index < -0.39 is 17.3 Å². The van der Waals surface area contributed by atoms with Crippen LogP contribution < -0.4 is 5.56 Å². The zero-order valence-corrected chi connectivity index (χ0v) is 9.58. The van der Waals surface area contributed by atoms with E-state index in [0.29, 0.717) is 10.8 Å². The summed E-state index contributed by atoms with van der Waals surface area (Å²) in [5.41, 5.74) is -1.56. The van der Waals surface area contributed by atoms with E-state index in [9.17, 15) is 18.0 Å². The summed E-state index contributed by atoms with van der Waals surface area (Å²) < 4.78 is 39.4. The van der Waals surface area contributed by atoms with Crippen LogP contribution in [0.3, 0.4) is 0 Å². The average molecular weight is 249 g/mol. The number of rotatable bonds is 0. The van der Waals surface area contributed by atoms with E-state index >= 15 is 0 Å². The molecule has 1 aliphatic rings. The Morgan fingerprint density at radius 3 is 2.69 bits per heavy atom. The molecule has 0 fully saturated rings. The molecule has 16 heavy (non-hydrogen) atoms. The van der Waals surface area contributed by atoms with Crippen molar-refractivity contribution in [1.82, 2.24) is 4.57 Å². The Morgan fingerprint density at radius 2 is 2.12 bits per heavy atom. The van der Waals surface area contributed by atoms with Crippen molar-refractivity contribution >= 4 is 11.8 Å². The predicted molar refractivity (Wildman–Crippen MR) is 55.9 cm³/mol. The van der Waals surface area contributed by atoms with E-state index in [4.69, 9.17) is 0 Å². The molecule has 0 aromatic carbocycles. The molecule has 1 atom stereocenters. The van der Waals surface area contributed by atoms with Gasteiger partial charge in [0.15, 0.2) is 0 Å². The van der Waals surface area contributed by atoms with Crippen molar-refractivity contribution in [2.24, 2.45) is 0 Å². The van der Waals surface area contributed by atoms with Crippen LogP contribution in [-0.2, 0) is 6.18 Å². The minimum absolute atomic E-state index is 0.0338. The predicted octanol–water partition coefficient (Wildman–Crippen LogP) is 2.84. The van der Waals surface area contributed by atoms with E-state index in [1.54, 1.807) is 0 Å². The van der Waals surface area contributed by atoms with Crippen molar-refractivity contribution in [3.05, 3.63) is 27.5 Å². The van der Waals surface area contributed by atoms with Gasteiger partial charge in [-0.25, -0.2) is 0 Å². The Balaban J connectivity index is 2.71. The smallest absolute Gasteiger partial charge is 0.299 e. The molecule has 0 aliphatic carbocycles. The van der Waals surface area contributed by atoms with E-state index in [0.717, 1.165) is 6.07 Å². The summed E-state index contributed by atoms with van der Waals surface area (Å²) >= 11 is 1.29. The number of fused-ring (bicyclic) bond motifs is 1. The molecule has 2 nitrogen and oxygen atoms in total. The van der Waals surface area contributed by atoms with Gasteiger partial charge in [0, 0.05) is 17.4 Å². The Labute approximate surface area is 94.5 Å². The van der Waals surface area contributed by atoms with Crippen LogP contribution in [0.1, 0.15) is 24.1 Å². The molecule has 0 spiro atoms. The third kappa shape index (κ3) is 1.65. The molecule has 0 N–H and O–H groups in total. The van der Waals surface area contributed by atoms with Gasteiger partial charge in [0.25, 0.3) is 5.56 Å². The number of hydrogen-bond acceptors (Lipinski definition) is 2. The van der Waals surface area contributed by atoms with E-state index in [2.05, 4.69) is 0 Å². The first-order valence-electron chi connectivity index (χ1n) is 4.78. The van der Waals surface area contributed by atoms with E-state index in [1.165, 1.54) is 23.3 Å². The van der Waals surface area contributed by atoms with Crippen molar-refractivity contribution < 1.29 is 13.2 Å². The van der Waals surface area contributed by atoms with Gasteiger partial charge in [-0.15, -0.1) is 11.8 Å². The quantitative estimate of drug-likeness (QED) is 0.705. The van der Waals surface area contributed by atoms with Gasteiger partial charge in [0.2, 0.25) is 0 Å². The fourth-order valence-corrected chi connectivity index (χ4v) is 2.96. The molecule has 1 unspecified atom stereocenters. The number of hydrogen-bond donors (Lipinski definition) is 0. The van der Waals surface area contributed by atoms with Gasteiger partial charge >= 0.3 is 6.18 Å². The van der Waals surface area contributed by atoms with Crippen molar-refractivity contribution in [3.63, 3.8) is 0 Å². The van der Waals surface area contributed by atoms with Crippen LogP contribution in [0.4, 0.5) is 13.2 Å². The summed E-state index contributed by atoms with van der Waals surface area (Å²) in [7, 11) is 0. The van der Waals surface area contributed by atoms with Crippen LogP contribution in [0.25, 0.3) is 0 Å². The third-order valence-electron chi connectivity index (χ3n) is 2.67. The molecule has 2 heterocycles. The van der Waals surface area contributed by atoms with Crippen LogP contribution in [0, 0.1) is 6.92 Å². The summed E-state index contributed by atoms with van der Waals surface area (Å²) in [5.74, 6) is 0.649. The summed E-state index contributed by atoms with van der Waals surface area (Å²) in [5, 5.41) is 0.412. The standard InChI is InChI=1S/C10H10F3NOS/c1-5-4-16-8-3-7(10(11,12)13)6(2)9(15)14(5)8/h3,5H,4H2,1-2H3. The molecule has 0 saturated heterocycles. The van der Waals surface area contributed by atoms with Gasteiger partial charge in [-0.05, 0) is 19.9 Å². The normalized spacial score (nSPS) is 19.9. The molecule has 1 aromatic heterocycles. The first-order chi connectivity index (χ1) is 7.32. The second-order valence-electron chi connectivity index (χ2n) is 3.85. The summed E-state index contributed by atoms with van der Waals surface area (Å²) in [6, 6.07) is 1.04. The SMILES string of the molecule is Cc1c(C(F)(F)F)cc2n(c1=O)C(C)CS2. The maximum absolute atomic E-state index is 12.6. The highest BCUT2D eigenvalue weighted by molar-refractivity contribution is 7.99. The van der Waals surface area contributed by atoms with Crippen molar-refractivity contribution in [3.8, 4) is 0 Å². The molecule has 0 radical (unpaired) electrons. The fourth-order valence-electron chi connectivity index (χ4n) is 1.80. The highest BCUT2D eigenvalue weighted by atomic mass is 32.2. The third-order valence-corrected chi connectivity index (χ3v) is 3.93. The summed E-state index contributed by atoms with van der Waals surface area (Å²) in [4.78, 5) is 11.8. The van der Waals surface area contributed by atoms with E-state index in [1.807, 2.05) is 6.92 Å². The highest BCUT2D eigenvalue weighted by Gasteiger charge is 2.36. The van der Waals surface area contributed by atoms with Gasteiger partial charge in [0.05, 0.1) is 10.6 Å². The maximum Gasteiger partial charge on any atom is 0.416 e. The number of nitrogens with zero attached hydrogens (tertiary/aromatic N) is 1. The van der Waals surface area contributed by atoms with Crippen molar-refractivity contribution in [2.75, 3.05) is 5.75 Å². The first kappa shape index (κ1) is 11.6. The zero-order valence-electron chi connectivity index (χ0n) is 8.76. The molecule has 1 aromatic rings. The number of pyridine rings is 1. The zero-order chi connectivity index (χ0) is 12.1. The van der Waals surface area contributed by atoms with Crippen LogP contribution >= 0.6 is 11.8 Å². The Morgan fingerprint density at radius 1 is 1.50 bits per heavy atom. The molecular formula is C10H10F3NOS.